The largest absolute Gasteiger partial charge is 0.486 e. The summed E-state index contributed by atoms with van der Waals surface area (Å²) in [5, 5.41) is 2.70. The van der Waals surface area contributed by atoms with Crippen LogP contribution in [0.1, 0.15) is 36.5 Å². The van der Waals surface area contributed by atoms with Gasteiger partial charge in [0, 0.05) is 20.0 Å². The van der Waals surface area contributed by atoms with Crippen LogP contribution in [0.3, 0.4) is 0 Å². The van der Waals surface area contributed by atoms with E-state index in [1.807, 2.05) is 56.3 Å². The van der Waals surface area contributed by atoms with Gasteiger partial charge in [-0.2, -0.15) is 0 Å². The summed E-state index contributed by atoms with van der Waals surface area (Å²) in [7, 11) is 1.61. The number of aryl methyl sites for hydroxylation is 2. The summed E-state index contributed by atoms with van der Waals surface area (Å²) in [6, 6.07) is 13.2. The Morgan fingerprint density at radius 1 is 1.10 bits per heavy atom. The molecule has 3 rings (SSSR count). The lowest BCUT2D eigenvalue weighted by Crippen LogP contribution is -2.48. The van der Waals surface area contributed by atoms with Crippen molar-refractivity contribution in [2.24, 2.45) is 0 Å². The minimum absolute atomic E-state index is 0.0383. The first kappa shape index (κ1) is 21.7. The maximum Gasteiger partial charge on any atom is 0.242 e. The van der Waals surface area contributed by atoms with Gasteiger partial charge in [-0.05, 0) is 48.6 Å². The molecule has 0 aromatic heterocycles. The second kappa shape index (κ2) is 10.1. The summed E-state index contributed by atoms with van der Waals surface area (Å²) in [6.45, 7) is 5.45. The van der Waals surface area contributed by atoms with E-state index in [9.17, 15) is 9.59 Å². The molecule has 6 nitrogen and oxygen atoms in total. The van der Waals surface area contributed by atoms with Gasteiger partial charge >= 0.3 is 0 Å². The lowest BCUT2D eigenvalue weighted by molar-refractivity contribution is -0.141. The Labute approximate surface area is 178 Å². The standard InChI is InChI=1S/C24H30N2O4/c1-4-20(24(28)25-3)26(16-19-8-6-5-7-17(19)2)23(27)12-10-18-9-11-21-22(15-18)30-14-13-29-21/h5-9,11,15,20H,4,10,12-14,16H2,1-3H3,(H,25,28)/t20-/m1/s1. The highest BCUT2D eigenvalue weighted by molar-refractivity contribution is 5.87. The summed E-state index contributed by atoms with van der Waals surface area (Å²) in [6.07, 6.45) is 1.45. The SMILES string of the molecule is CC[C@H](C(=O)NC)N(Cc1ccccc1C)C(=O)CCc1ccc2c(c1)OCCO2. The van der Waals surface area contributed by atoms with E-state index in [2.05, 4.69) is 5.32 Å². The quantitative estimate of drug-likeness (QED) is 0.725. The molecule has 1 atom stereocenters. The number of amides is 2. The summed E-state index contributed by atoms with van der Waals surface area (Å²) in [4.78, 5) is 27.4. The van der Waals surface area contributed by atoms with Gasteiger partial charge in [0.1, 0.15) is 19.3 Å². The van der Waals surface area contributed by atoms with Gasteiger partial charge in [0.2, 0.25) is 11.8 Å². The van der Waals surface area contributed by atoms with E-state index in [0.717, 1.165) is 28.2 Å². The fourth-order valence-electron chi connectivity index (χ4n) is 3.70. The Balaban J connectivity index is 1.75. The van der Waals surface area contributed by atoms with Crippen LogP contribution in [0, 0.1) is 6.92 Å². The minimum atomic E-state index is -0.498. The van der Waals surface area contributed by atoms with E-state index in [1.165, 1.54) is 0 Å². The van der Waals surface area contributed by atoms with Crippen LogP contribution >= 0.6 is 0 Å². The smallest absolute Gasteiger partial charge is 0.242 e. The number of hydrogen-bond acceptors (Lipinski definition) is 4. The van der Waals surface area contributed by atoms with E-state index >= 15 is 0 Å². The number of nitrogens with zero attached hydrogens (tertiary/aromatic N) is 1. The molecule has 2 aromatic rings. The summed E-state index contributed by atoms with van der Waals surface area (Å²) in [5.41, 5.74) is 3.16. The molecule has 0 spiro atoms. The van der Waals surface area contributed by atoms with Crippen LogP contribution in [0.25, 0.3) is 0 Å². The average molecular weight is 411 g/mol. The number of carbonyl (C=O) groups excluding carboxylic acids is 2. The lowest BCUT2D eigenvalue weighted by atomic mass is 10.0. The zero-order valence-corrected chi connectivity index (χ0v) is 17.9. The Morgan fingerprint density at radius 3 is 2.53 bits per heavy atom. The molecule has 1 aliphatic heterocycles. The summed E-state index contributed by atoms with van der Waals surface area (Å²) >= 11 is 0. The van der Waals surface area contributed by atoms with E-state index in [4.69, 9.17) is 9.47 Å². The van der Waals surface area contributed by atoms with Crippen LogP contribution < -0.4 is 14.8 Å². The third-order valence-corrected chi connectivity index (χ3v) is 5.47. The van der Waals surface area contributed by atoms with Crippen LogP contribution in [0.15, 0.2) is 42.5 Å². The summed E-state index contributed by atoms with van der Waals surface area (Å²) < 4.78 is 11.2. The molecule has 0 radical (unpaired) electrons. The van der Waals surface area contributed by atoms with Crippen molar-refractivity contribution in [2.75, 3.05) is 20.3 Å². The second-order valence-corrected chi connectivity index (χ2v) is 7.46. The molecule has 1 aliphatic rings. The van der Waals surface area contributed by atoms with Crippen molar-refractivity contribution in [3.8, 4) is 11.5 Å². The zero-order chi connectivity index (χ0) is 21.5. The van der Waals surface area contributed by atoms with Crippen LogP contribution in [0.2, 0.25) is 0 Å². The highest BCUT2D eigenvalue weighted by Crippen LogP contribution is 2.31. The van der Waals surface area contributed by atoms with E-state index in [1.54, 1.807) is 11.9 Å². The monoisotopic (exact) mass is 410 g/mol. The molecule has 0 bridgehead atoms. The van der Waals surface area contributed by atoms with Gasteiger partial charge in [0.05, 0.1) is 0 Å². The highest BCUT2D eigenvalue weighted by atomic mass is 16.6. The maximum absolute atomic E-state index is 13.2. The zero-order valence-electron chi connectivity index (χ0n) is 17.9. The van der Waals surface area contributed by atoms with Gasteiger partial charge in [-0.25, -0.2) is 0 Å². The van der Waals surface area contributed by atoms with Crippen molar-refractivity contribution in [3.63, 3.8) is 0 Å². The number of ether oxygens (including phenoxy) is 2. The molecule has 0 fully saturated rings. The number of rotatable bonds is 8. The lowest BCUT2D eigenvalue weighted by Gasteiger charge is -2.31. The number of nitrogens with one attached hydrogen (secondary N) is 1. The Kier molecular flexibility index (Phi) is 7.33. The summed E-state index contributed by atoms with van der Waals surface area (Å²) in [5.74, 6) is 1.28. The molecule has 0 aliphatic carbocycles. The van der Waals surface area contributed by atoms with Crippen LogP contribution in [-0.4, -0.2) is 43.0 Å². The number of fused-ring (bicyclic) bond motifs is 1. The fraction of sp³-hybridized carbons (Fsp3) is 0.417. The predicted molar refractivity (Wildman–Crippen MR) is 116 cm³/mol. The van der Waals surface area contributed by atoms with Crippen molar-refractivity contribution in [1.29, 1.82) is 0 Å². The number of likely N-dealkylation sites (N-methyl/N-ethyl adjacent to an activating group) is 1. The molecule has 6 heteroatoms. The molecular weight excluding hydrogens is 380 g/mol. The maximum atomic E-state index is 13.2. The first-order valence-electron chi connectivity index (χ1n) is 10.5. The van der Waals surface area contributed by atoms with E-state index in [-0.39, 0.29) is 11.8 Å². The van der Waals surface area contributed by atoms with Crippen LogP contribution in [-0.2, 0) is 22.6 Å². The van der Waals surface area contributed by atoms with Crippen molar-refractivity contribution < 1.29 is 19.1 Å². The van der Waals surface area contributed by atoms with Gasteiger partial charge < -0.3 is 19.7 Å². The van der Waals surface area contributed by atoms with E-state index in [0.29, 0.717) is 39.0 Å². The third-order valence-electron chi connectivity index (χ3n) is 5.47. The van der Waals surface area contributed by atoms with Crippen LogP contribution in [0.5, 0.6) is 11.5 Å². The molecule has 2 amide bonds. The second-order valence-electron chi connectivity index (χ2n) is 7.46. The van der Waals surface area contributed by atoms with Gasteiger partial charge in [0.15, 0.2) is 11.5 Å². The van der Waals surface area contributed by atoms with Crippen molar-refractivity contribution in [2.45, 2.75) is 45.7 Å². The number of hydrogen-bond donors (Lipinski definition) is 1. The molecule has 2 aromatic carbocycles. The van der Waals surface area contributed by atoms with Crippen molar-refractivity contribution in [3.05, 3.63) is 59.2 Å². The molecule has 1 heterocycles. The average Bonchev–Trinajstić information content (AvgIpc) is 2.78. The molecule has 160 valence electrons. The molecule has 30 heavy (non-hydrogen) atoms. The van der Waals surface area contributed by atoms with Crippen molar-refractivity contribution in [1.82, 2.24) is 10.2 Å². The number of benzene rings is 2. The van der Waals surface area contributed by atoms with Gasteiger partial charge in [-0.15, -0.1) is 0 Å². The van der Waals surface area contributed by atoms with Crippen LogP contribution in [0.4, 0.5) is 0 Å². The van der Waals surface area contributed by atoms with Crippen molar-refractivity contribution >= 4 is 11.8 Å². The Morgan fingerprint density at radius 2 is 1.83 bits per heavy atom. The Bertz CT molecular complexity index is 897. The third kappa shape index (κ3) is 5.12. The predicted octanol–water partition coefficient (Wildman–Crippen LogP) is 3.25. The van der Waals surface area contributed by atoms with Gasteiger partial charge in [-0.1, -0.05) is 37.3 Å². The first-order chi connectivity index (χ1) is 14.5. The normalized spacial score (nSPS) is 13.4. The fourth-order valence-corrected chi connectivity index (χ4v) is 3.70. The van der Waals surface area contributed by atoms with Gasteiger partial charge in [0.25, 0.3) is 0 Å². The molecule has 1 N–H and O–H groups in total. The number of carbonyl (C=O) groups is 2. The first-order valence-corrected chi connectivity index (χ1v) is 10.5. The van der Waals surface area contributed by atoms with Gasteiger partial charge in [-0.3, -0.25) is 9.59 Å². The highest BCUT2D eigenvalue weighted by Gasteiger charge is 2.28. The molecule has 0 saturated carbocycles. The minimum Gasteiger partial charge on any atom is -0.486 e. The molecule has 0 saturated heterocycles. The molecule has 0 unspecified atom stereocenters. The van der Waals surface area contributed by atoms with E-state index < -0.39 is 6.04 Å². The Hall–Kier alpha value is -3.02. The topological polar surface area (TPSA) is 67.9 Å². The molecular formula is C24H30N2O4.